The van der Waals surface area contributed by atoms with Crippen molar-refractivity contribution in [3.8, 4) is 45.3 Å². The van der Waals surface area contributed by atoms with Gasteiger partial charge in [-0.15, -0.1) is 0 Å². The number of allylic oxidation sites excluding steroid dienone is 4. The molecule has 2 aromatic carbocycles. The summed E-state index contributed by atoms with van der Waals surface area (Å²) >= 11 is 0. The number of carbonyl (C=O) groups excluding carboxylic acids is 1. The Kier molecular flexibility index (Phi) is 4.64. The Morgan fingerprint density at radius 2 is 1.19 bits per heavy atom. The van der Waals surface area contributed by atoms with Crippen LogP contribution >= 0.6 is 0 Å². The molecule has 0 fully saturated rings. The molecule has 0 unspecified atom stereocenters. The van der Waals surface area contributed by atoms with Crippen LogP contribution in [0.4, 0.5) is 8.78 Å². The van der Waals surface area contributed by atoms with E-state index >= 15 is 8.78 Å². The van der Waals surface area contributed by atoms with Gasteiger partial charge in [0.1, 0.15) is 11.6 Å². The molecule has 0 radical (unpaired) electrons. The first-order valence-electron chi connectivity index (χ1n) is 64.5. The van der Waals surface area contributed by atoms with Crippen LogP contribution in [0.2, 0.25) is 0 Å². The first-order chi connectivity index (χ1) is 73.8. The predicted molar refractivity (Wildman–Crippen MR) is 347 cm³/mol. The zero-order chi connectivity index (χ0) is 129. The third-order valence-electron chi connectivity index (χ3n) is 16.6. The largest absolute Gasteiger partial charge is 0.523 e. The predicted octanol–water partition coefficient (Wildman–Crippen LogP) is 21.9. The highest BCUT2D eigenvalue weighted by molar-refractivity contribution is 6.00. The van der Waals surface area contributed by atoms with Crippen LogP contribution in [0.1, 0.15) is 224 Å². The van der Waals surface area contributed by atoms with Crippen molar-refractivity contribution in [1.82, 2.24) is 29.9 Å². The zero-order valence-electron chi connectivity index (χ0n) is 120. The highest BCUT2D eigenvalue weighted by Gasteiger charge is 2.51. The highest BCUT2D eigenvalue weighted by atomic mass is 19.1. The van der Waals surface area contributed by atoms with Crippen molar-refractivity contribution in [3.05, 3.63) is 176 Å². The lowest BCUT2D eigenvalue weighted by molar-refractivity contribution is -0.121. The number of aliphatic hydroxyl groups is 1. The number of fused-ring (bicyclic) bond motifs is 8. The lowest BCUT2D eigenvalue weighted by Gasteiger charge is -2.48. The number of hydrogen-bond donors (Lipinski definition) is 1. The molecule has 0 saturated heterocycles. The molecule has 10 nitrogen and oxygen atoms in total. The molecule has 12 rings (SSSR count). The first kappa shape index (κ1) is 18.8. The number of pyridine rings is 2. The van der Waals surface area contributed by atoms with E-state index in [0.29, 0.717) is 59.1 Å². The Balaban J connectivity index is -0.0000000414. The van der Waals surface area contributed by atoms with Crippen LogP contribution in [0.5, 0.6) is 0 Å². The molecule has 1 N–H and O–H groups in total. The van der Waals surface area contributed by atoms with Crippen molar-refractivity contribution in [2.24, 2.45) is 23.7 Å². The van der Waals surface area contributed by atoms with Gasteiger partial charge in [0.15, 0.2) is 17.4 Å². The SMILES string of the molecule is [3H][3H].[3H][3H].[3H][3H].[3H][3H].[3H][3H].[3H][3H].[3H][3H].[3H][3H].[3H][3H].[3H][3H].[3H][3H].[3H][3H].[3H][3H].[3H][3H].[3H][3H].[3H][3H].[3H][3H].[3H][3H].[3H][3H].[3H][3H].[3H][3H].[3H][3H].[3H][3H].[3H][3H].[3H][3H].[3H][3H].[3H][3H].[3H][3H].[3H][3H].[3H][3H].[3H][3H].[3H][3H].[3H][3H].[3H][3H].[3H][3H].[3H][3H].[3H][3H].[3H][3H].[3H][3H].[3H][3H].[C-]#[N+]C1=C(O)[C@H](C)[C@H]2CCc3c(-c4ccccc4F)nc(-c4ccnc5c4CCC5)nc3[C@]2(C)C1.[C-]#[N+]C1=C[C@@]2(C)c3nc(-c4ccnc5c4CCC5)nc(-c4ccccc4F)c3CC[C@@H]2[C@@H](C)C1=O. The number of aryl methyl sites for hydroxylation is 2. The molecule has 0 saturated carbocycles. The second-order valence-electron chi connectivity index (χ2n) is 20.4. The third-order valence-corrected chi connectivity index (χ3v) is 16.6. The smallest absolute Gasteiger partial charge is 0.226 e. The Morgan fingerprint density at radius 1 is 0.657 bits per heavy atom. The average Bonchev–Trinajstić information content (AvgIpc) is 0.911. The molecule has 70 heavy (non-hydrogen) atoms. The molecule has 6 aliphatic rings. The molecule has 430 valence electrons. The van der Waals surface area contributed by atoms with E-state index in [-0.39, 0.29) is 52.5 Å². The van der Waals surface area contributed by atoms with E-state index in [9.17, 15) is 9.90 Å². The number of rotatable bonds is 4. The van der Waals surface area contributed by atoms with E-state index < -0.39 is 10.8 Å². The van der Waals surface area contributed by atoms with E-state index in [1.807, 2.05) is 50.4 Å². The van der Waals surface area contributed by atoms with Gasteiger partial charge >= 0.3 is 0 Å². The van der Waals surface area contributed by atoms with Crippen molar-refractivity contribution >= 4 is 5.78 Å². The summed E-state index contributed by atoms with van der Waals surface area (Å²) in [7, 11) is 0. The van der Waals surface area contributed by atoms with Crippen LogP contribution in [-0.4, -0.2) is 40.8 Å². The standard InChI is InChI=1S/C29H27FN4O.C29H25FN4O.40H2/c2*1-16-21-12-11-20-25(19-7-4-5-9-22(19)30)33-28(18-13-14-32-23-10-6-8-17(18)23)34-27(20)29(21,2)15-24(31-3)26(16)35;;;;;;;;;;;;;;;;;;;;;;;;;;;;;;;;;;;;;;;;/h4-5,7,9,13-14,16,21,35H,6,8,10-12,15H2,1-2H3;4-5,7,9,13-16,21H,6,8,10-12H2,1-2H3;40*1H/t2*16-,21-,29-;;;;;;;;;;;;;;;;;;;;;;;;;;;;;;;;;;;;;;;;/m11......................................../s1/i;;40*1+2T. The summed E-state index contributed by atoms with van der Waals surface area (Å²) in [4.78, 5) is 49.5. The summed E-state index contributed by atoms with van der Waals surface area (Å²) in [5.41, 5.74) is 11.7. The molecule has 4 aromatic heterocycles. The lowest BCUT2D eigenvalue weighted by Crippen LogP contribution is -2.46. The van der Waals surface area contributed by atoms with E-state index in [2.05, 4.69) is 33.5 Å². The molecule has 0 spiro atoms. The third kappa shape index (κ3) is 7.09. The minimum atomic E-state index is -0.616. The van der Waals surface area contributed by atoms with E-state index in [1.54, 1.807) is 30.5 Å². The summed E-state index contributed by atoms with van der Waals surface area (Å²) in [6.45, 7) is 23.4. The zero-order valence-corrected chi connectivity index (χ0v) is 39.8. The number of nitrogens with zero attached hydrogens (tertiary/aromatic N) is 8. The Labute approximate surface area is 530 Å². The van der Waals surface area contributed by atoms with Crippen LogP contribution in [0.25, 0.3) is 55.0 Å². The molecule has 6 aromatic rings. The van der Waals surface area contributed by atoms with Gasteiger partial charge in [0.25, 0.3) is 0 Å². The number of Topliss-reactive ketones (excluding diaryl/α,β-unsaturated/α-hetero) is 1. The maximum Gasteiger partial charge on any atom is 0.226 e. The molecule has 12 heteroatoms. The van der Waals surface area contributed by atoms with Crippen molar-refractivity contribution in [1.29, 1.82) is 0 Å². The van der Waals surface area contributed by atoms with Gasteiger partial charge in [-0.25, -0.2) is 38.4 Å². The Morgan fingerprint density at radius 3 is 1.73 bits per heavy atom. The average molecular weight is 1170 g/mol. The van der Waals surface area contributed by atoms with Crippen molar-refractivity contribution < 1.29 is 137 Å². The fourth-order valence-electron chi connectivity index (χ4n) is 13.1. The molecule has 6 aliphatic carbocycles. The topological polar surface area (TPSA) is 123 Å². The maximum absolute atomic E-state index is 15.1. The second kappa shape index (κ2) is 17.3. The first-order valence-corrected chi connectivity index (χ1v) is 24.5. The van der Waals surface area contributed by atoms with Gasteiger partial charge in [-0.2, -0.15) is 0 Å². The molecule has 0 aliphatic heterocycles. The molecule has 0 bridgehead atoms. The van der Waals surface area contributed by atoms with Crippen LogP contribution in [0.3, 0.4) is 0 Å². The van der Waals surface area contributed by atoms with Crippen molar-refractivity contribution in [2.45, 2.75) is 109 Å². The molecule has 4 heterocycles. The normalized spacial score (nSPS) is 29.4. The summed E-state index contributed by atoms with van der Waals surface area (Å²) in [5.74, 6) is 0.399. The molecule has 0 amide bonds. The van der Waals surface area contributed by atoms with Crippen molar-refractivity contribution in [2.75, 3.05) is 0 Å². The fraction of sp³-hybridized carbons (Fsp3) is 0.362. The molecule has 6 atom stereocenters. The minimum Gasteiger partial charge on any atom is -0.523 e. The summed E-state index contributed by atoms with van der Waals surface area (Å²) in [6, 6.07) is 17.4. The number of ketones is 1. The van der Waals surface area contributed by atoms with Gasteiger partial charge in [0, 0.05) is 199 Å². The Bertz CT molecular complexity index is 3500. The van der Waals surface area contributed by atoms with Gasteiger partial charge in [-0.05, 0) is 130 Å². The number of carbonyl (C=O) groups is 1. The second-order valence-corrected chi connectivity index (χ2v) is 20.4. The monoisotopic (exact) mass is 1170 g/mol. The highest BCUT2D eigenvalue weighted by Crippen LogP contribution is 2.55. The van der Waals surface area contributed by atoms with Crippen molar-refractivity contribution in [3.63, 3.8) is 0 Å². The van der Waals surface area contributed by atoms with Crippen LogP contribution in [0.15, 0.2) is 96.3 Å². The number of hydrogen-bond acceptors (Lipinski definition) is 8. The summed E-state index contributed by atoms with van der Waals surface area (Å²) in [6.07, 6.45) is 14.6. The summed E-state index contributed by atoms with van der Waals surface area (Å²) < 4.78 is 430. The van der Waals surface area contributed by atoms with E-state index in [4.69, 9.17) is 152 Å². The Hall–Kier alpha value is -7.31. The van der Waals surface area contributed by atoms with Gasteiger partial charge in [-0.1, -0.05) is 58.0 Å². The van der Waals surface area contributed by atoms with Crippen LogP contribution in [0, 0.1) is 48.5 Å². The number of benzene rings is 2. The summed E-state index contributed by atoms with van der Waals surface area (Å²) in [5, 5.41) is 10.7. The molecular formula is C58H132F2N8O2. The lowest BCUT2D eigenvalue weighted by atomic mass is 9.57. The quantitative estimate of drug-likeness (QED) is 0.173. The van der Waals surface area contributed by atoms with Gasteiger partial charge < -0.3 is 9.90 Å². The van der Waals surface area contributed by atoms with Gasteiger partial charge in [0.05, 0.1) is 41.7 Å². The van der Waals surface area contributed by atoms with Crippen LogP contribution < -0.4 is 0 Å². The molecular weight excluding hydrogens is 879 g/mol. The van der Waals surface area contributed by atoms with Crippen LogP contribution in [-0.2, 0) is 54.1 Å². The maximum atomic E-state index is 15.1. The fourth-order valence-corrected chi connectivity index (χ4v) is 13.1. The van der Waals surface area contributed by atoms with E-state index in [0.717, 1.165) is 102 Å². The number of halogens is 2. The number of aromatic nitrogens is 6. The van der Waals surface area contributed by atoms with E-state index in [1.165, 1.54) is 17.7 Å². The minimum absolute atomic E-state index is 0.0207. The van der Waals surface area contributed by atoms with Gasteiger partial charge in [0.2, 0.25) is 11.4 Å². The van der Waals surface area contributed by atoms with Gasteiger partial charge in [-0.3, -0.25) is 9.97 Å². The number of aliphatic hydroxyl groups excluding tert-OH is 1.